The summed E-state index contributed by atoms with van der Waals surface area (Å²) in [7, 11) is 2.01. The Morgan fingerprint density at radius 1 is 1.24 bits per heavy atom. The van der Waals surface area contributed by atoms with Crippen LogP contribution in [0.25, 0.3) is 0 Å². The van der Waals surface area contributed by atoms with Crippen LogP contribution in [0.15, 0.2) is 24.3 Å². The standard InChI is InChI=1S/C17H28N2O2/c1-15(18-2)3-4-16-5-7-17(8-6-16)21-14-11-19-9-12-20-13-10-19/h5-8,15,18H,3-4,9-14H2,1-2H3. The lowest BCUT2D eigenvalue weighted by molar-refractivity contribution is 0.0322. The van der Waals surface area contributed by atoms with Gasteiger partial charge in [-0.3, -0.25) is 4.90 Å². The first-order valence-electron chi connectivity index (χ1n) is 7.97. The second kappa shape index (κ2) is 9.03. The second-order valence-electron chi connectivity index (χ2n) is 5.67. The predicted octanol–water partition coefficient (Wildman–Crippen LogP) is 1.94. The maximum Gasteiger partial charge on any atom is 0.119 e. The van der Waals surface area contributed by atoms with Gasteiger partial charge in [-0.15, -0.1) is 0 Å². The Morgan fingerprint density at radius 3 is 2.62 bits per heavy atom. The largest absolute Gasteiger partial charge is 0.492 e. The minimum absolute atomic E-state index is 0.564. The Kier molecular flexibility index (Phi) is 7.00. The molecule has 0 aliphatic carbocycles. The first kappa shape index (κ1) is 16.3. The number of aryl methyl sites for hydroxylation is 1. The van der Waals surface area contributed by atoms with Gasteiger partial charge in [0.1, 0.15) is 12.4 Å². The van der Waals surface area contributed by atoms with E-state index in [4.69, 9.17) is 9.47 Å². The summed E-state index contributed by atoms with van der Waals surface area (Å²) in [5.74, 6) is 0.966. The Bertz CT molecular complexity index is 388. The maximum absolute atomic E-state index is 5.82. The summed E-state index contributed by atoms with van der Waals surface area (Å²) in [6, 6.07) is 9.07. The quantitative estimate of drug-likeness (QED) is 0.794. The predicted molar refractivity (Wildman–Crippen MR) is 86.0 cm³/mol. The lowest BCUT2D eigenvalue weighted by atomic mass is 10.1. The fourth-order valence-electron chi connectivity index (χ4n) is 2.40. The number of rotatable bonds is 8. The molecule has 1 aromatic carbocycles. The van der Waals surface area contributed by atoms with Crippen molar-refractivity contribution in [2.45, 2.75) is 25.8 Å². The average molecular weight is 292 g/mol. The average Bonchev–Trinajstić information content (AvgIpc) is 2.55. The Hall–Kier alpha value is -1.10. The summed E-state index contributed by atoms with van der Waals surface area (Å²) in [6.07, 6.45) is 2.27. The van der Waals surface area contributed by atoms with E-state index in [1.165, 1.54) is 5.56 Å². The van der Waals surface area contributed by atoms with E-state index >= 15 is 0 Å². The van der Waals surface area contributed by atoms with Crippen molar-refractivity contribution in [3.05, 3.63) is 29.8 Å². The van der Waals surface area contributed by atoms with Gasteiger partial charge in [-0.05, 0) is 44.5 Å². The lowest BCUT2D eigenvalue weighted by Crippen LogP contribution is -2.38. The van der Waals surface area contributed by atoms with Crippen molar-refractivity contribution in [1.29, 1.82) is 0 Å². The summed E-state index contributed by atoms with van der Waals surface area (Å²) in [6.45, 7) is 7.67. The molecule has 0 aromatic heterocycles. The summed E-state index contributed by atoms with van der Waals surface area (Å²) >= 11 is 0. The molecule has 1 aromatic rings. The molecular weight excluding hydrogens is 264 g/mol. The molecule has 1 heterocycles. The molecule has 21 heavy (non-hydrogen) atoms. The fourth-order valence-corrected chi connectivity index (χ4v) is 2.40. The van der Waals surface area contributed by atoms with Crippen molar-refractivity contribution in [1.82, 2.24) is 10.2 Å². The summed E-state index contributed by atoms with van der Waals surface area (Å²) < 4.78 is 11.2. The van der Waals surface area contributed by atoms with Crippen LogP contribution in [0, 0.1) is 0 Å². The SMILES string of the molecule is CNC(C)CCc1ccc(OCCN2CCOCC2)cc1. The van der Waals surface area contributed by atoms with Gasteiger partial charge in [0.2, 0.25) is 0 Å². The lowest BCUT2D eigenvalue weighted by Gasteiger charge is -2.26. The van der Waals surface area contributed by atoms with Crippen LogP contribution in [0.4, 0.5) is 0 Å². The van der Waals surface area contributed by atoms with Crippen LogP contribution in [-0.2, 0) is 11.2 Å². The first-order valence-corrected chi connectivity index (χ1v) is 7.97. The Balaban J connectivity index is 1.67. The second-order valence-corrected chi connectivity index (χ2v) is 5.67. The van der Waals surface area contributed by atoms with Crippen molar-refractivity contribution >= 4 is 0 Å². The number of hydrogen-bond acceptors (Lipinski definition) is 4. The van der Waals surface area contributed by atoms with Gasteiger partial charge in [0.05, 0.1) is 13.2 Å². The summed E-state index contributed by atoms with van der Waals surface area (Å²) in [5, 5.41) is 3.27. The zero-order chi connectivity index (χ0) is 14.9. The molecule has 118 valence electrons. The van der Waals surface area contributed by atoms with E-state index < -0.39 is 0 Å². The molecule has 0 bridgehead atoms. The molecule has 1 saturated heterocycles. The molecule has 1 unspecified atom stereocenters. The third kappa shape index (κ3) is 6.04. The molecule has 1 atom stereocenters. The van der Waals surface area contributed by atoms with E-state index in [0.717, 1.165) is 58.0 Å². The molecule has 1 fully saturated rings. The molecule has 0 amide bonds. The van der Waals surface area contributed by atoms with Gasteiger partial charge in [0.25, 0.3) is 0 Å². The molecule has 2 rings (SSSR count). The zero-order valence-electron chi connectivity index (χ0n) is 13.3. The first-order chi connectivity index (χ1) is 10.3. The summed E-state index contributed by atoms with van der Waals surface area (Å²) in [5.41, 5.74) is 1.37. The number of benzene rings is 1. The Labute approximate surface area is 128 Å². The highest BCUT2D eigenvalue weighted by Gasteiger charge is 2.09. The highest BCUT2D eigenvalue weighted by molar-refractivity contribution is 5.27. The molecular formula is C17H28N2O2. The van der Waals surface area contributed by atoms with E-state index in [9.17, 15) is 0 Å². The van der Waals surface area contributed by atoms with Crippen LogP contribution in [0.2, 0.25) is 0 Å². The van der Waals surface area contributed by atoms with Crippen LogP contribution < -0.4 is 10.1 Å². The Morgan fingerprint density at radius 2 is 1.95 bits per heavy atom. The van der Waals surface area contributed by atoms with E-state index in [-0.39, 0.29) is 0 Å². The van der Waals surface area contributed by atoms with Crippen LogP contribution >= 0.6 is 0 Å². The highest BCUT2D eigenvalue weighted by Crippen LogP contribution is 2.14. The molecule has 4 heteroatoms. The van der Waals surface area contributed by atoms with Gasteiger partial charge < -0.3 is 14.8 Å². The van der Waals surface area contributed by atoms with Crippen LogP contribution in [0.3, 0.4) is 0 Å². The van der Waals surface area contributed by atoms with Crippen molar-refractivity contribution < 1.29 is 9.47 Å². The summed E-state index contributed by atoms with van der Waals surface area (Å²) in [4.78, 5) is 2.39. The minimum atomic E-state index is 0.564. The van der Waals surface area contributed by atoms with Gasteiger partial charge in [-0.2, -0.15) is 0 Å². The van der Waals surface area contributed by atoms with Crippen molar-refractivity contribution in [2.24, 2.45) is 0 Å². The third-order valence-electron chi connectivity index (χ3n) is 4.06. The van der Waals surface area contributed by atoms with Gasteiger partial charge in [-0.1, -0.05) is 12.1 Å². The smallest absolute Gasteiger partial charge is 0.119 e. The van der Waals surface area contributed by atoms with E-state index in [2.05, 4.69) is 41.4 Å². The number of ether oxygens (including phenoxy) is 2. The number of hydrogen-bond donors (Lipinski definition) is 1. The topological polar surface area (TPSA) is 33.7 Å². The molecule has 0 saturated carbocycles. The van der Waals surface area contributed by atoms with Gasteiger partial charge in [0, 0.05) is 25.7 Å². The van der Waals surface area contributed by atoms with Crippen molar-refractivity contribution in [3.8, 4) is 5.75 Å². The monoisotopic (exact) mass is 292 g/mol. The molecule has 4 nitrogen and oxygen atoms in total. The zero-order valence-corrected chi connectivity index (χ0v) is 13.3. The van der Waals surface area contributed by atoms with Gasteiger partial charge in [0.15, 0.2) is 0 Å². The maximum atomic E-state index is 5.82. The van der Waals surface area contributed by atoms with E-state index in [0.29, 0.717) is 6.04 Å². The fraction of sp³-hybridized carbons (Fsp3) is 0.647. The van der Waals surface area contributed by atoms with Crippen LogP contribution in [0.1, 0.15) is 18.9 Å². The highest BCUT2D eigenvalue weighted by atomic mass is 16.5. The number of nitrogens with zero attached hydrogens (tertiary/aromatic N) is 1. The number of nitrogens with one attached hydrogen (secondary N) is 1. The normalized spacial score (nSPS) is 17.6. The minimum Gasteiger partial charge on any atom is -0.492 e. The van der Waals surface area contributed by atoms with Gasteiger partial charge in [-0.25, -0.2) is 0 Å². The van der Waals surface area contributed by atoms with Crippen LogP contribution in [0.5, 0.6) is 5.75 Å². The molecule has 1 N–H and O–H groups in total. The molecule has 0 spiro atoms. The van der Waals surface area contributed by atoms with Crippen molar-refractivity contribution in [3.63, 3.8) is 0 Å². The van der Waals surface area contributed by atoms with E-state index in [1.807, 2.05) is 7.05 Å². The van der Waals surface area contributed by atoms with Gasteiger partial charge >= 0.3 is 0 Å². The van der Waals surface area contributed by atoms with Crippen LogP contribution in [-0.4, -0.2) is 57.4 Å². The molecule has 1 aliphatic rings. The molecule has 0 radical (unpaired) electrons. The number of morpholine rings is 1. The van der Waals surface area contributed by atoms with E-state index in [1.54, 1.807) is 0 Å². The van der Waals surface area contributed by atoms with Crippen molar-refractivity contribution in [2.75, 3.05) is 46.5 Å². The third-order valence-corrected chi connectivity index (χ3v) is 4.06. The molecule has 1 aliphatic heterocycles.